The van der Waals surface area contributed by atoms with E-state index in [1.807, 2.05) is 11.0 Å². The minimum atomic E-state index is -0.329. The summed E-state index contributed by atoms with van der Waals surface area (Å²) in [5, 5.41) is 5.72. The molecule has 2 N–H and O–H groups in total. The van der Waals surface area contributed by atoms with Crippen LogP contribution in [0.5, 0.6) is 0 Å². The molecule has 0 spiro atoms. The van der Waals surface area contributed by atoms with Gasteiger partial charge in [-0.3, -0.25) is 4.79 Å². The minimum absolute atomic E-state index is 0.0982. The van der Waals surface area contributed by atoms with Gasteiger partial charge in [0, 0.05) is 36.5 Å². The maximum absolute atomic E-state index is 12.8. The van der Waals surface area contributed by atoms with E-state index in [1.165, 1.54) is 6.26 Å². The second-order valence-corrected chi connectivity index (χ2v) is 7.06. The van der Waals surface area contributed by atoms with E-state index in [9.17, 15) is 9.59 Å². The van der Waals surface area contributed by atoms with Crippen molar-refractivity contribution in [3.05, 3.63) is 48.4 Å². The molecule has 2 aliphatic rings. The highest BCUT2D eigenvalue weighted by Crippen LogP contribution is 2.30. The Hall–Kier alpha value is -2.80. The van der Waals surface area contributed by atoms with Crippen molar-refractivity contribution in [2.75, 3.05) is 30.4 Å². The van der Waals surface area contributed by atoms with E-state index in [-0.39, 0.29) is 17.7 Å². The molecule has 1 unspecified atom stereocenters. The molecule has 1 aromatic heterocycles. The molecular formula is C20H23N3O4. The molecule has 7 nitrogen and oxygen atoms in total. The minimum Gasteiger partial charge on any atom is -0.459 e. The number of carbonyl (C=O) groups is 2. The Balaban J connectivity index is 1.39. The standard InChI is InChI=1S/C20H23N3O4/c24-19(18-5-2-9-27-18)21-15-3-1-4-16(11-15)22-20(25)23(17-6-7-17)12-14-8-10-26-13-14/h1-5,9,11,14,17H,6-8,10,12-13H2,(H,21,24)(H,22,25). The van der Waals surface area contributed by atoms with Crippen LogP contribution in [0.3, 0.4) is 0 Å². The lowest BCUT2D eigenvalue weighted by molar-refractivity contribution is 0.0996. The molecular weight excluding hydrogens is 346 g/mol. The van der Waals surface area contributed by atoms with Gasteiger partial charge in [-0.15, -0.1) is 0 Å². The number of hydrogen-bond acceptors (Lipinski definition) is 4. The fourth-order valence-corrected chi connectivity index (χ4v) is 3.26. The van der Waals surface area contributed by atoms with Crippen molar-refractivity contribution in [2.24, 2.45) is 5.92 Å². The van der Waals surface area contributed by atoms with Crippen molar-refractivity contribution in [2.45, 2.75) is 25.3 Å². The van der Waals surface area contributed by atoms with Crippen molar-refractivity contribution in [3.63, 3.8) is 0 Å². The highest BCUT2D eigenvalue weighted by Gasteiger charge is 2.34. The van der Waals surface area contributed by atoms with Crippen LogP contribution in [0.15, 0.2) is 47.1 Å². The number of carbonyl (C=O) groups excluding carboxylic acids is 2. The summed E-state index contributed by atoms with van der Waals surface area (Å²) in [6.45, 7) is 2.23. The highest BCUT2D eigenvalue weighted by molar-refractivity contribution is 6.02. The van der Waals surface area contributed by atoms with E-state index >= 15 is 0 Å². The molecule has 1 aliphatic carbocycles. The lowest BCUT2D eigenvalue weighted by Gasteiger charge is -2.25. The lowest BCUT2D eigenvalue weighted by Crippen LogP contribution is -2.40. The summed E-state index contributed by atoms with van der Waals surface area (Å²) in [7, 11) is 0. The molecule has 1 aromatic carbocycles. The van der Waals surface area contributed by atoms with E-state index in [0.29, 0.717) is 23.3 Å². The summed E-state index contributed by atoms with van der Waals surface area (Å²) in [5.74, 6) is 0.322. The van der Waals surface area contributed by atoms with E-state index in [4.69, 9.17) is 9.15 Å². The SMILES string of the molecule is O=C(Nc1cccc(NC(=O)N(CC2CCOC2)C2CC2)c1)c1ccco1. The van der Waals surface area contributed by atoms with Crippen LogP contribution >= 0.6 is 0 Å². The average Bonchev–Trinajstić information content (AvgIpc) is 3.12. The average molecular weight is 369 g/mol. The third-order valence-electron chi connectivity index (χ3n) is 4.84. The second-order valence-electron chi connectivity index (χ2n) is 7.06. The number of benzene rings is 1. The number of nitrogens with one attached hydrogen (secondary N) is 2. The first-order valence-corrected chi connectivity index (χ1v) is 9.29. The second kappa shape index (κ2) is 7.84. The molecule has 3 amide bonds. The smallest absolute Gasteiger partial charge is 0.322 e. The van der Waals surface area contributed by atoms with Gasteiger partial charge in [-0.05, 0) is 49.6 Å². The molecule has 2 heterocycles. The van der Waals surface area contributed by atoms with E-state index in [0.717, 1.165) is 39.0 Å². The van der Waals surface area contributed by atoms with Crippen LogP contribution in [-0.2, 0) is 4.74 Å². The normalized spacial score (nSPS) is 18.9. The first-order valence-electron chi connectivity index (χ1n) is 9.29. The maximum atomic E-state index is 12.8. The summed E-state index contributed by atoms with van der Waals surface area (Å²) in [4.78, 5) is 26.8. The summed E-state index contributed by atoms with van der Waals surface area (Å²) in [5.41, 5.74) is 1.24. The van der Waals surface area contributed by atoms with Crippen molar-refractivity contribution >= 4 is 23.3 Å². The molecule has 2 aromatic rings. The van der Waals surface area contributed by atoms with Crippen LogP contribution in [0.25, 0.3) is 0 Å². The topological polar surface area (TPSA) is 83.8 Å². The highest BCUT2D eigenvalue weighted by atomic mass is 16.5. The molecule has 1 aliphatic heterocycles. The zero-order valence-corrected chi connectivity index (χ0v) is 15.0. The van der Waals surface area contributed by atoms with Gasteiger partial charge >= 0.3 is 6.03 Å². The lowest BCUT2D eigenvalue weighted by atomic mass is 10.1. The van der Waals surface area contributed by atoms with Gasteiger partial charge in [0.2, 0.25) is 0 Å². The third kappa shape index (κ3) is 4.49. The molecule has 4 rings (SSSR count). The van der Waals surface area contributed by atoms with Gasteiger partial charge in [0.05, 0.1) is 12.9 Å². The first kappa shape index (κ1) is 17.6. The quantitative estimate of drug-likeness (QED) is 0.815. The van der Waals surface area contributed by atoms with Crippen molar-refractivity contribution in [3.8, 4) is 0 Å². The maximum Gasteiger partial charge on any atom is 0.322 e. The van der Waals surface area contributed by atoms with Crippen LogP contribution in [0.2, 0.25) is 0 Å². The molecule has 1 saturated heterocycles. The molecule has 0 bridgehead atoms. The van der Waals surface area contributed by atoms with Crippen molar-refractivity contribution in [1.82, 2.24) is 4.90 Å². The summed E-state index contributed by atoms with van der Waals surface area (Å²) in [6, 6.07) is 10.6. The van der Waals surface area contributed by atoms with E-state index in [1.54, 1.807) is 30.3 Å². The molecule has 142 valence electrons. The molecule has 2 fully saturated rings. The number of anilines is 2. The number of rotatable bonds is 6. The van der Waals surface area contributed by atoms with Crippen LogP contribution in [-0.4, -0.2) is 42.6 Å². The van der Waals surface area contributed by atoms with Crippen LogP contribution < -0.4 is 10.6 Å². The first-order chi connectivity index (χ1) is 13.2. The molecule has 7 heteroatoms. The molecule has 27 heavy (non-hydrogen) atoms. The van der Waals surface area contributed by atoms with Gasteiger partial charge in [0.1, 0.15) is 0 Å². The number of urea groups is 1. The molecule has 1 atom stereocenters. The number of ether oxygens (including phenoxy) is 1. The number of hydrogen-bond donors (Lipinski definition) is 2. The van der Waals surface area contributed by atoms with Gasteiger partial charge in [0.25, 0.3) is 5.91 Å². The van der Waals surface area contributed by atoms with Gasteiger partial charge in [-0.2, -0.15) is 0 Å². The molecule has 1 saturated carbocycles. The Morgan fingerprint density at radius 3 is 2.56 bits per heavy atom. The zero-order valence-electron chi connectivity index (χ0n) is 15.0. The number of furan rings is 1. The predicted molar refractivity (Wildman–Crippen MR) is 101 cm³/mol. The Labute approximate surface area is 157 Å². The monoisotopic (exact) mass is 369 g/mol. The Kier molecular flexibility index (Phi) is 5.11. The van der Waals surface area contributed by atoms with Gasteiger partial charge < -0.3 is 24.7 Å². The number of amides is 3. The Morgan fingerprint density at radius 2 is 1.89 bits per heavy atom. The van der Waals surface area contributed by atoms with Crippen LogP contribution in [0.4, 0.5) is 16.2 Å². The largest absolute Gasteiger partial charge is 0.459 e. The van der Waals surface area contributed by atoms with E-state index < -0.39 is 0 Å². The summed E-state index contributed by atoms with van der Waals surface area (Å²) < 4.78 is 10.5. The number of nitrogens with zero attached hydrogens (tertiary/aromatic N) is 1. The predicted octanol–water partition coefficient (Wildman–Crippen LogP) is 3.56. The Morgan fingerprint density at radius 1 is 1.07 bits per heavy atom. The van der Waals surface area contributed by atoms with Gasteiger partial charge in [0.15, 0.2) is 5.76 Å². The van der Waals surface area contributed by atoms with Gasteiger partial charge in [-0.25, -0.2) is 4.79 Å². The fourth-order valence-electron chi connectivity index (χ4n) is 3.26. The van der Waals surface area contributed by atoms with Crippen LogP contribution in [0.1, 0.15) is 29.8 Å². The molecule has 0 radical (unpaired) electrons. The van der Waals surface area contributed by atoms with E-state index in [2.05, 4.69) is 10.6 Å². The summed E-state index contributed by atoms with van der Waals surface area (Å²) in [6.07, 6.45) is 4.57. The van der Waals surface area contributed by atoms with Gasteiger partial charge in [-0.1, -0.05) is 6.07 Å². The van der Waals surface area contributed by atoms with Crippen LogP contribution in [0, 0.1) is 5.92 Å². The fraction of sp³-hybridized carbons (Fsp3) is 0.400. The Bertz CT molecular complexity index is 795. The van der Waals surface area contributed by atoms with Crippen molar-refractivity contribution in [1.29, 1.82) is 0 Å². The van der Waals surface area contributed by atoms with Crippen molar-refractivity contribution < 1.29 is 18.7 Å². The third-order valence-corrected chi connectivity index (χ3v) is 4.84. The zero-order chi connectivity index (χ0) is 18.6. The summed E-state index contributed by atoms with van der Waals surface area (Å²) >= 11 is 0.